The first kappa shape index (κ1) is 24.2. The van der Waals surface area contributed by atoms with E-state index in [-0.39, 0.29) is 24.9 Å². The topological polar surface area (TPSA) is 114 Å². The zero-order valence-electron chi connectivity index (χ0n) is 18.9. The van der Waals surface area contributed by atoms with Crippen LogP contribution in [0, 0.1) is 0 Å². The molecule has 0 aliphatic carbocycles. The standard InChI is InChI=1S/C22H27N3O7S/c1-15(22(27)23-2)24(12-16-5-8-18(30-3)9-6-16)21(26)13-25(33(4,28)29)17-7-10-19-20(11-17)32-14-31-19/h5-11,15H,12-14H2,1-4H3,(H,23,27)/t15-/m1/s1. The molecular weight excluding hydrogens is 450 g/mol. The number of benzene rings is 2. The number of methoxy groups -OCH3 is 1. The summed E-state index contributed by atoms with van der Waals surface area (Å²) in [6.07, 6.45) is 1.01. The van der Waals surface area contributed by atoms with Crippen LogP contribution in [0.15, 0.2) is 42.5 Å². The lowest BCUT2D eigenvalue weighted by Crippen LogP contribution is -2.50. The lowest BCUT2D eigenvalue weighted by Gasteiger charge is -2.31. The predicted octanol–water partition coefficient (Wildman–Crippen LogP) is 1.35. The Kier molecular flexibility index (Phi) is 7.32. The van der Waals surface area contributed by atoms with Crippen LogP contribution in [-0.2, 0) is 26.2 Å². The molecule has 1 atom stereocenters. The van der Waals surface area contributed by atoms with Gasteiger partial charge in [0.15, 0.2) is 11.5 Å². The van der Waals surface area contributed by atoms with E-state index in [9.17, 15) is 18.0 Å². The monoisotopic (exact) mass is 477 g/mol. The van der Waals surface area contributed by atoms with Crippen LogP contribution in [-0.4, -0.2) is 64.9 Å². The van der Waals surface area contributed by atoms with Gasteiger partial charge < -0.3 is 24.4 Å². The number of carbonyl (C=O) groups is 2. The summed E-state index contributed by atoms with van der Waals surface area (Å²) >= 11 is 0. The van der Waals surface area contributed by atoms with Gasteiger partial charge in [-0.3, -0.25) is 13.9 Å². The molecule has 3 rings (SSSR count). The van der Waals surface area contributed by atoms with Crippen molar-refractivity contribution in [3.63, 3.8) is 0 Å². The molecule has 1 heterocycles. The molecule has 10 nitrogen and oxygen atoms in total. The van der Waals surface area contributed by atoms with E-state index in [1.807, 2.05) is 0 Å². The van der Waals surface area contributed by atoms with Crippen molar-refractivity contribution in [2.24, 2.45) is 0 Å². The van der Waals surface area contributed by atoms with Gasteiger partial charge in [-0.2, -0.15) is 0 Å². The Morgan fingerprint density at radius 2 is 1.79 bits per heavy atom. The molecule has 2 amide bonds. The Morgan fingerprint density at radius 1 is 1.12 bits per heavy atom. The third-order valence-corrected chi connectivity index (χ3v) is 6.39. The van der Waals surface area contributed by atoms with E-state index in [1.165, 1.54) is 24.1 Å². The van der Waals surface area contributed by atoms with Gasteiger partial charge in [-0.25, -0.2) is 8.42 Å². The maximum atomic E-state index is 13.4. The number of hydrogen-bond acceptors (Lipinski definition) is 7. The van der Waals surface area contributed by atoms with Crippen molar-refractivity contribution in [1.82, 2.24) is 10.2 Å². The molecule has 1 aliphatic heterocycles. The van der Waals surface area contributed by atoms with Crippen molar-refractivity contribution < 1.29 is 32.2 Å². The van der Waals surface area contributed by atoms with Gasteiger partial charge in [-0.05, 0) is 36.8 Å². The van der Waals surface area contributed by atoms with Crippen molar-refractivity contribution in [1.29, 1.82) is 0 Å². The molecule has 2 aromatic carbocycles. The molecule has 178 valence electrons. The number of nitrogens with one attached hydrogen (secondary N) is 1. The molecular formula is C22H27N3O7S. The minimum absolute atomic E-state index is 0.0376. The van der Waals surface area contributed by atoms with E-state index < -0.39 is 28.5 Å². The average Bonchev–Trinajstić information content (AvgIpc) is 3.27. The molecule has 0 unspecified atom stereocenters. The first-order valence-electron chi connectivity index (χ1n) is 10.2. The van der Waals surface area contributed by atoms with Crippen LogP contribution in [0.25, 0.3) is 0 Å². The largest absolute Gasteiger partial charge is 0.497 e. The zero-order valence-corrected chi connectivity index (χ0v) is 19.7. The maximum Gasteiger partial charge on any atom is 0.244 e. The van der Waals surface area contributed by atoms with Gasteiger partial charge in [0, 0.05) is 19.7 Å². The zero-order chi connectivity index (χ0) is 24.2. The Balaban J connectivity index is 1.89. The summed E-state index contributed by atoms with van der Waals surface area (Å²) in [5.41, 5.74) is 1.01. The maximum absolute atomic E-state index is 13.4. The fourth-order valence-electron chi connectivity index (χ4n) is 3.37. The molecule has 0 saturated heterocycles. The van der Waals surface area contributed by atoms with Crippen LogP contribution in [0.4, 0.5) is 5.69 Å². The molecule has 0 saturated carbocycles. The molecule has 0 fully saturated rings. The lowest BCUT2D eigenvalue weighted by atomic mass is 10.1. The molecule has 11 heteroatoms. The minimum Gasteiger partial charge on any atom is -0.497 e. The van der Waals surface area contributed by atoms with Crippen LogP contribution < -0.4 is 23.8 Å². The molecule has 0 bridgehead atoms. The highest BCUT2D eigenvalue weighted by atomic mass is 32.2. The van der Waals surface area contributed by atoms with Gasteiger partial charge in [-0.1, -0.05) is 12.1 Å². The van der Waals surface area contributed by atoms with Crippen LogP contribution in [0.5, 0.6) is 17.2 Å². The summed E-state index contributed by atoms with van der Waals surface area (Å²) < 4.78 is 41.9. The van der Waals surface area contributed by atoms with E-state index in [1.54, 1.807) is 44.4 Å². The van der Waals surface area contributed by atoms with Crippen LogP contribution in [0.2, 0.25) is 0 Å². The van der Waals surface area contributed by atoms with E-state index in [2.05, 4.69) is 5.32 Å². The van der Waals surface area contributed by atoms with Gasteiger partial charge in [0.2, 0.25) is 28.6 Å². The average molecular weight is 478 g/mol. The van der Waals surface area contributed by atoms with Crippen molar-refractivity contribution in [3.8, 4) is 17.2 Å². The highest BCUT2D eigenvalue weighted by Gasteiger charge is 2.30. The number of fused-ring (bicyclic) bond motifs is 1. The number of anilines is 1. The second-order valence-corrected chi connectivity index (χ2v) is 9.37. The quantitative estimate of drug-likeness (QED) is 0.580. The van der Waals surface area contributed by atoms with Crippen molar-refractivity contribution in [3.05, 3.63) is 48.0 Å². The minimum atomic E-state index is -3.82. The second-order valence-electron chi connectivity index (χ2n) is 7.47. The third-order valence-electron chi connectivity index (χ3n) is 5.25. The van der Waals surface area contributed by atoms with Gasteiger partial charge in [0.1, 0.15) is 18.3 Å². The number of nitrogens with zero attached hydrogens (tertiary/aromatic N) is 2. The van der Waals surface area contributed by atoms with E-state index in [0.717, 1.165) is 16.1 Å². The summed E-state index contributed by atoms with van der Waals surface area (Å²) in [6, 6.07) is 10.9. The first-order chi connectivity index (χ1) is 15.6. The van der Waals surface area contributed by atoms with Crippen LogP contribution in [0.1, 0.15) is 12.5 Å². The number of amides is 2. The first-order valence-corrected chi connectivity index (χ1v) is 12.0. The fraction of sp³-hybridized carbons (Fsp3) is 0.364. The molecule has 2 aromatic rings. The third kappa shape index (κ3) is 5.67. The molecule has 1 aliphatic rings. The molecule has 1 N–H and O–H groups in total. The van der Waals surface area contributed by atoms with Gasteiger partial charge in [-0.15, -0.1) is 0 Å². The summed E-state index contributed by atoms with van der Waals surface area (Å²) in [6.45, 7) is 1.24. The highest BCUT2D eigenvalue weighted by molar-refractivity contribution is 7.92. The Labute approximate surface area is 193 Å². The van der Waals surface area contributed by atoms with E-state index in [4.69, 9.17) is 14.2 Å². The van der Waals surface area contributed by atoms with Gasteiger partial charge in [0.05, 0.1) is 19.1 Å². The van der Waals surface area contributed by atoms with Crippen LogP contribution >= 0.6 is 0 Å². The SMILES string of the molecule is CNC(=O)[C@@H](C)N(Cc1ccc(OC)cc1)C(=O)CN(c1ccc2c(c1)OCO2)S(C)(=O)=O. The van der Waals surface area contributed by atoms with Crippen molar-refractivity contribution in [2.45, 2.75) is 19.5 Å². The molecule has 0 radical (unpaired) electrons. The number of hydrogen-bond donors (Lipinski definition) is 1. The molecule has 33 heavy (non-hydrogen) atoms. The Bertz CT molecular complexity index is 1120. The molecule has 0 aromatic heterocycles. The number of rotatable bonds is 9. The number of likely N-dealkylation sites (N-methyl/N-ethyl adjacent to an activating group) is 1. The Morgan fingerprint density at radius 3 is 2.39 bits per heavy atom. The normalized spacial score (nSPS) is 13.2. The van der Waals surface area contributed by atoms with Crippen LogP contribution in [0.3, 0.4) is 0 Å². The second kappa shape index (κ2) is 9.99. The fourth-order valence-corrected chi connectivity index (χ4v) is 4.21. The number of sulfonamides is 1. The van der Waals surface area contributed by atoms with E-state index in [0.29, 0.717) is 17.2 Å². The lowest BCUT2D eigenvalue weighted by molar-refractivity contribution is -0.139. The van der Waals surface area contributed by atoms with E-state index >= 15 is 0 Å². The highest BCUT2D eigenvalue weighted by Crippen LogP contribution is 2.36. The van der Waals surface area contributed by atoms with Gasteiger partial charge in [0.25, 0.3) is 0 Å². The Hall–Kier alpha value is -3.47. The van der Waals surface area contributed by atoms with Gasteiger partial charge >= 0.3 is 0 Å². The van der Waals surface area contributed by atoms with Crippen molar-refractivity contribution in [2.75, 3.05) is 38.1 Å². The molecule has 0 spiro atoms. The van der Waals surface area contributed by atoms with Crippen molar-refractivity contribution >= 4 is 27.5 Å². The summed E-state index contributed by atoms with van der Waals surface area (Å²) in [7, 11) is -0.798. The summed E-state index contributed by atoms with van der Waals surface area (Å²) in [5, 5.41) is 2.53. The summed E-state index contributed by atoms with van der Waals surface area (Å²) in [5.74, 6) is 0.633. The number of carbonyl (C=O) groups excluding carboxylic acids is 2. The predicted molar refractivity (Wildman–Crippen MR) is 122 cm³/mol. The smallest absolute Gasteiger partial charge is 0.244 e. The number of ether oxygens (including phenoxy) is 3. The summed E-state index contributed by atoms with van der Waals surface area (Å²) in [4.78, 5) is 27.0.